The fourth-order valence-corrected chi connectivity index (χ4v) is 3.50. The predicted octanol–water partition coefficient (Wildman–Crippen LogP) is 5.33. The lowest BCUT2D eigenvalue weighted by Crippen LogP contribution is -2.05. The molecule has 0 saturated carbocycles. The van der Waals surface area contributed by atoms with Gasteiger partial charge in [-0.1, -0.05) is 50.1 Å². The van der Waals surface area contributed by atoms with Crippen LogP contribution in [0.3, 0.4) is 0 Å². The summed E-state index contributed by atoms with van der Waals surface area (Å²) >= 11 is 10.7. The molecule has 0 amide bonds. The third-order valence-electron chi connectivity index (χ3n) is 2.77. The minimum atomic E-state index is 0.441. The minimum Gasteiger partial charge on any atom is -0.263 e. The van der Waals surface area contributed by atoms with Crippen LogP contribution >= 0.6 is 47.8 Å². The molecule has 0 radical (unpaired) electrons. The summed E-state index contributed by atoms with van der Waals surface area (Å²) in [6.07, 6.45) is 4.71. The van der Waals surface area contributed by atoms with Gasteiger partial charge in [0.25, 0.3) is 0 Å². The maximum absolute atomic E-state index is 4.21. The maximum Gasteiger partial charge on any atom is 0.0410 e. The molecule has 1 aromatic heterocycles. The van der Waals surface area contributed by atoms with Crippen molar-refractivity contribution >= 4 is 47.8 Å². The zero-order chi connectivity index (χ0) is 13.0. The summed E-state index contributed by atoms with van der Waals surface area (Å²) < 4.78 is 2.19. The third kappa shape index (κ3) is 3.65. The molecular weight excluding hydrogens is 422 g/mol. The molecule has 0 aliphatic rings. The highest BCUT2D eigenvalue weighted by Gasteiger charge is 2.14. The summed E-state index contributed by atoms with van der Waals surface area (Å²) in [6.45, 7) is 0. The molecule has 1 aromatic carbocycles. The smallest absolute Gasteiger partial charge is 0.0410 e. The van der Waals surface area contributed by atoms with E-state index in [1.54, 1.807) is 0 Å². The Bertz CT molecular complexity index is 528. The lowest BCUT2D eigenvalue weighted by molar-refractivity contribution is 0.768. The molecule has 1 nitrogen and oxygen atoms in total. The van der Waals surface area contributed by atoms with Crippen molar-refractivity contribution in [2.75, 3.05) is 5.33 Å². The van der Waals surface area contributed by atoms with E-state index in [4.69, 9.17) is 0 Å². The molecule has 0 fully saturated rings. The molecule has 1 heterocycles. The number of aromatic nitrogens is 1. The first-order chi connectivity index (χ1) is 8.70. The Morgan fingerprint density at radius 1 is 1.11 bits per heavy atom. The summed E-state index contributed by atoms with van der Waals surface area (Å²) in [5, 5.41) is 0.933. The predicted molar refractivity (Wildman–Crippen MR) is 86.3 cm³/mol. The molecule has 0 aliphatic heterocycles. The average Bonchev–Trinajstić information content (AvgIpc) is 2.37. The van der Waals surface area contributed by atoms with E-state index in [1.165, 1.54) is 11.1 Å². The third-order valence-corrected chi connectivity index (χ3v) is 4.71. The van der Waals surface area contributed by atoms with E-state index in [9.17, 15) is 0 Å². The number of alkyl halides is 1. The fraction of sp³-hybridized carbons (Fsp3) is 0.214. The quantitative estimate of drug-likeness (QED) is 0.594. The van der Waals surface area contributed by atoms with Crippen molar-refractivity contribution in [1.82, 2.24) is 4.98 Å². The number of hydrogen-bond donors (Lipinski definition) is 0. The first-order valence-electron chi connectivity index (χ1n) is 5.60. The number of halogens is 3. The van der Waals surface area contributed by atoms with E-state index in [-0.39, 0.29) is 0 Å². The van der Waals surface area contributed by atoms with Crippen LogP contribution in [0.25, 0.3) is 0 Å². The molecule has 1 atom stereocenters. The van der Waals surface area contributed by atoms with Gasteiger partial charge in [0, 0.05) is 26.7 Å². The molecule has 0 N–H and O–H groups in total. The Balaban J connectivity index is 2.23. The molecular formula is C14H12Br3N. The van der Waals surface area contributed by atoms with Gasteiger partial charge in [-0.2, -0.15) is 0 Å². The molecule has 0 aliphatic carbocycles. The van der Waals surface area contributed by atoms with Crippen LogP contribution < -0.4 is 0 Å². The summed E-state index contributed by atoms with van der Waals surface area (Å²) in [5.41, 5.74) is 2.57. The second kappa shape index (κ2) is 6.83. The molecule has 1 unspecified atom stereocenters. The van der Waals surface area contributed by atoms with E-state index >= 15 is 0 Å². The Labute approximate surface area is 132 Å². The zero-order valence-electron chi connectivity index (χ0n) is 9.61. The van der Waals surface area contributed by atoms with Gasteiger partial charge in [-0.15, -0.1) is 0 Å². The molecule has 94 valence electrons. The number of rotatable bonds is 4. The fourth-order valence-electron chi connectivity index (χ4n) is 1.91. The van der Waals surface area contributed by atoms with E-state index in [0.717, 1.165) is 20.7 Å². The summed E-state index contributed by atoms with van der Waals surface area (Å²) in [7, 11) is 0. The normalized spacial score (nSPS) is 12.4. The van der Waals surface area contributed by atoms with E-state index < -0.39 is 0 Å². The zero-order valence-corrected chi connectivity index (χ0v) is 14.4. The van der Waals surface area contributed by atoms with Crippen molar-refractivity contribution in [3.8, 4) is 0 Å². The van der Waals surface area contributed by atoms with Gasteiger partial charge in [0.05, 0.1) is 0 Å². The van der Waals surface area contributed by atoms with Crippen molar-refractivity contribution in [1.29, 1.82) is 0 Å². The summed E-state index contributed by atoms with van der Waals surface area (Å²) in [4.78, 5) is 4.21. The average molecular weight is 434 g/mol. The van der Waals surface area contributed by atoms with Gasteiger partial charge < -0.3 is 0 Å². The second-order valence-corrected chi connectivity index (χ2v) is 6.51. The second-order valence-electron chi connectivity index (χ2n) is 4.09. The van der Waals surface area contributed by atoms with Gasteiger partial charge in [0.2, 0.25) is 0 Å². The first kappa shape index (κ1) is 14.2. The number of benzene rings is 1. The van der Waals surface area contributed by atoms with Gasteiger partial charge in [0.15, 0.2) is 0 Å². The minimum absolute atomic E-state index is 0.441. The molecule has 0 bridgehead atoms. The molecule has 0 spiro atoms. The van der Waals surface area contributed by atoms with Crippen molar-refractivity contribution in [3.63, 3.8) is 0 Å². The molecule has 4 heteroatoms. The number of nitrogens with zero attached hydrogens (tertiary/aromatic N) is 1. The maximum atomic E-state index is 4.21. The SMILES string of the molecule is BrCC(Cc1cncc(Br)c1)c1ccccc1Br. The highest BCUT2D eigenvalue weighted by atomic mass is 79.9. The van der Waals surface area contributed by atoms with E-state index in [1.807, 2.05) is 18.5 Å². The van der Waals surface area contributed by atoms with Gasteiger partial charge in [-0.25, -0.2) is 0 Å². The van der Waals surface area contributed by atoms with Crippen LogP contribution in [0.2, 0.25) is 0 Å². The van der Waals surface area contributed by atoms with Crippen LogP contribution in [0.15, 0.2) is 51.7 Å². The lowest BCUT2D eigenvalue weighted by Gasteiger charge is -2.16. The Morgan fingerprint density at radius 2 is 1.89 bits per heavy atom. The van der Waals surface area contributed by atoms with Gasteiger partial charge in [-0.05, 0) is 51.5 Å². The topological polar surface area (TPSA) is 12.9 Å². The van der Waals surface area contributed by atoms with Crippen LogP contribution in [0, 0.1) is 0 Å². The molecule has 0 saturated heterocycles. The summed E-state index contributed by atoms with van der Waals surface area (Å²) in [5.74, 6) is 0.441. The lowest BCUT2D eigenvalue weighted by atomic mass is 9.94. The van der Waals surface area contributed by atoms with E-state index in [0.29, 0.717) is 5.92 Å². The van der Waals surface area contributed by atoms with Crippen LogP contribution in [-0.2, 0) is 6.42 Å². The highest BCUT2D eigenvalue weighted by molar-refractivity contribution is 9.11. The van der Waals surface area contributed by atoms with Crippen LogP contribution in [0.5, 0.6) is 0 Å². The highest BCUT2D eigenvalue weighted by Crippen LogP contribution is 2.29. The number of pyridine rings is 1. The van der Waals surface area contributed by atoms with Crippen LogP contribution in [0.4, 0.5) is 0 Å². The molecule has 18 heavy (non-hydrogen) atoms. The van der Waals surface area contributed by atoms with Gasteiger partial charge in [-0.3, -0.25) is 4.98 Å². The van der Waals surface area contributed by atoms with Gasteiger partial charge >= 0.3 is 0 Å². The molecule has 2 rings (SSSR count). The van der Waals surface area contributed by atoms with Crippen molar-refractivity contribution in [2.45, 2.75) is 12.3 Å². The van der Waals surface area contributed by atoms with Crippen molar-refractivity contribution in [3.05, 3.63) is 62.8 Å². The van der Waals surface area contributed by atoms with Crippen molar-refractivity contribution in [2.24, 2.45) is 0 Å². The van der Waals surface area contributed by atoms with Crippen LogP contribution in [0.1, 0.15) is 17.0 Å². The van der Waals surface area contributed by atoms with Gasteiger partial charge in [0.1, 0.15) is 0 Å². The van der Waals surface area contributed by atoms with E-state index in [2.05, 4.69) is 77.0 Å². The molecule has 2 aromatic rings. The first-order valence-corrected chi connectivity index (χ1v) is 8.31. The Morgan fingerprint density at radius 3 is 2.56 bits per heavy atom. The largest absolute Gasteiger partial charge is 0.263 e. The number of hydrogen-bond acceptors (Lipinski definition) is 1. The summed E-state index contributed by atoms with van der Waals surface area (Å²) in [6, 6.07) is 10.5. The standard InChI is InChI=1S/C14H12Br3N/c15-7-11(13-3-1-2-4-14(13)17)5-10-6-12(16)9-18-8-10/h1-4,6,8-9,11H,5,7H2. The monoisotopic (exact) mass is 431 g/mol. The Hall–Kier alpha value is -0.190. The van der Waals surface area contributed by atoms with Crippen molar-refractivity contribution < 1.29 is 0 Å². The van der Waals surface area contributed by atoms with Crippen LogP contribution in [-0.4, -0.2) is 10.3 Å². The Kier molecular flexibility index (Phi) is 5.39.